The van der Waals surface area contributed by atoms with Gasteiger partial charge in [-0.15, -0.1) is 0 Å². The van der Waals surface area contributed by atoms with E-state index in [0.29, 0.717) is 10.7 Å². The van der Waals surface area contributed by atoms with Crippen molar-refractivity contribution in [1.82, 2.24) is 0 Å². The first-order valence-corrected chi connectivity index (χ1v) is 8.64. The minimum atomic E-state index is -0.574. The van der Waals surface area contributed by atoms with E-state index in [4.69, 9.17) is 11.6 Å². The molecule has 2 aromatic carbocycles. The third-order valence-electron chi connectivity index (χ3n) is 5.12. The third-order valence-corrected chi connectivity index (χ3v) is 5.37. The summed E-state index contributed by atoms with van der Waals surface area (Å²) in [6.45, 7) is 0. The van der Waals surface area contributed by atoms with E-state index < -0.39 is 11.8 Å². The molecule has 4 rings (SSSR count). The van der Waals surface area contributed by atoms with Crippen molar-refractivity contribution in [2.45, 2.75) is 18.8 Å². The predicted molar refractivity (Wildman–Crippen MR) is 94.3 cm³/mol. The lowest BCUT2D eigenvalue weighted by molar-refractivity contribution is -0.130. The molecule has 0 unspecified atom stereocenters. The second-order valence-electron chi connectivity index (χ2n) is 6.58. The molecule has 126 valence electrons. The number of ketones is 1. The highest BCUT2D eigenvalue weighted by molar-refractivity contribution is 6.30. The fourth-order valence-corrected chi connectivity index (χ4v) is 4.11. The number of hydrogen-bond donors (Lipinski definition) is 0. The molecule has 1 aliphatic carbocycles. The first kappa shape index (κ1) is 16.0. The largest absolute Gasteiger partial charge is 0.300 e. The topological polar surface area (TPSA) is 54.5 Å². The minimum Gasteiger partial charge on any atom is -0.300 e. The molecular weight excluding hydrogens is 338 g/mol. The van der Waals surface area contributed by atoms with Gasteiger partial charge in [-0.3, -0.25) is 19.3 Å². The van der Waals surface area contributed by atoms with E-state index in [2.05, 4.69) is 0 Å². The van der Waals surface area contributed by atoms with Gasteiger partial charge < -0.3 is 0 Å². The monoisotopic (exact) mass is 353 g/mol. The highest BCUT2D eigenvalue weighted by atomic mass is 35.5. The number of nitrogens with zero attached hydrogens (tertiary/aromatic N) is 1. The van der Waals surface area contributed by atoms with Crippen molar-refractivity contribution in [2.24, 2.45) is 11.8 Å². The zero-order valence-electron chi connectivity index (χ0n) is 13.4. The molecule has 1 aliphatic heterocycles. The number of fused-ring (bicyclic) bond motifs is 1. The summed E-state index contributed by atoms with van der Waals surface area (Å²) in [5.41, 5.74) is 1.44. The molecule has 2 fully saturated rings. The van der Waals surface area contributed by atoms with Gasteiger partial charge in [0.1, 0.15) is 5.78 Å². The van der Waals surface area contributed by atoms with Gasteiger partial charge >= 0.3 is 0 Å². The molecule has 0 bridgehead atoms. The second kappa shape index (κ2) is 6.12. The van der Waals surface area contributed by atoms with Crippen LogP contribution in [0.4, 0.5) is 5.69 Å². The molecule has 0 radical (unpaired) electrons. The molecule has 2 aliphatic rings. The van der Waals surface area contributed by atoms with Gasteiger partial charge in [-0.05, 0) is 29.8 Å². The average Bonchev–Trinajstić information content (AvgIpc) is 2.86. The van der Waals surface area contributed by atoms with Crippen molar-refractivity contribution in [3.63, 3.8) is 0 Å². The zero-order valence-corrected chi connectivity index (χ0v) is 14.1. The first-order valence-electron chi connectivity index (χ1n) is 8.26. The number of rotatable bonds is 2. The number of imide groups is 1. The molecule has 2 amide bonds. The van der Waals surface area contributed by atoms with Crippen molar-refractivity contribution >= 4 is 34.9 Å². The Morgan fingerprint density at radius 2 is 1.44 bits per heavy atom. The Labute approximate surface area is 150 Å². The van der Waals surface area contributed by atoms with Crippen molar-refractivity contribution < 1.29 is 14.4 Å². The maximum absolute atomic E-state index is 13.1. The number of benzene rings is 2. The number of carbonyl (C=O) groups is 3. The van der Waals surface area contributed by atoms with E-state index >= 15 is 0 Å². The molecule has 1 heterocycles. The fourth-order valence-electron chi connectivity index (χ4n) is 3.98. The van der Waals surface area contributed by atoms with Crippen molar-refractivity contribution in [2.75, 3.05) is 4.90 Å². The lowest BCUT2D eigenvalue weighted by Crippen LogP contribution is -2.34. The normalized spacial score (nSPS) is 26.0. The fraction of sp³-hybridized carbons (Fsp3) is 0.250. The standard InChI is InChI=1S/C20H16ClNO3/c21-13-8-6-12(7-9-13)16-10-15(23)11-17-18(16)20(25)22(19(17)24)14-4-2-1-3-5-14/h1-9,16-18H,10-11H2/t16-,17-,18+/m0/s1. The maximum Gasteiger partial charge on any atom is 0.238 e. The van der Waals surface area contributed by atoms with E-state index in [-0.39, 0.29) is 36.4 Å². The van der Waals surface area contributed by atoms with Gasteiger partial charge in [-0.1, -0.05) is 41.9 Å². The van der Waals surface area contributed by atoms with Crippen LogP contribution in [0.15, 0.2) is 54.6 Å². The summed E-state index contributed by atoms with van der Waals surface area (Å²) in [4.78, 5) is 39.4. The molecule has 2 aromatic rings. The number of anilines is 1. The number of para-hydroxylation sites is 1. The van der Waals surface area contributed by atoms with Crippen LogP contribution < -0.4 is 4.90 Å². The van der Waals surface area contributed by atoms with Gasteiger partial charge in [0.25, 0.3) is 0 Å². The summed E-state index contributed by atoms with van der Waals surface area (Å²) in [5, 5.41) is 0.599. The Morgan fingerprint density at radius 3 is 2.12 bits per heavy atom. The summed E-state index contributed by atoms with van der Waals surface area (Å²) in [7, 11) is 0. The Hall–Kier alpha value is -2.46. The number of amides is 2. The highest BCUT2D eigenvalue weighted by Crippen LogP contribution is 2.46. The van der Waals surface area contributed by atoms with E-state index in [1.54, 1.807) is 36.4 Å². The van der Waals surface area contributed by atoms with Crippen LogP contribution in [0, 0.1) is 11.8 Å². The molecule has 0 spiro atoms. The molecule has 5 heteroatoms. The Balaban J connectivity index is 1.75. The van der Waals surface area contributed by atoms with Gasteiger partial charge in [0.05, 0.1) is 17.5 Å². The van der Waals surface area contributed by atoms with E-state index in [1.165, 1.54) is 4.90 Å². The average molecular weight is 354 g/mol. The Bertz CT molecular complexity index is 847. The molecule has 3 atom stereocenters. The highest BCUT2D eigenvalue weighted by Gasteiger charge is 2.54. The van der Waals surface area contributed by atoms with Crippen molar-refractivity contribution in [1.29, 1.82) is 0 Å². The Kier molecular flexibility index (Phi) is 3.92. The molecule has 0 aromatic heterocycles. The van der Waals surface area contributed by atoms with Crippen molar-refractivity contribution in [3.8, 4) is 0 Å². The summed E-state index contributed by atoms with van der Waals surface area (Å²) >= 11 is 5.95. The van der Waals surface area contributed by atoms with Crippen LogP contribution in [-0.2, 0) is 14.4 Å². The smallest absolute Gasteiger partial charge is 0.238 e. The van der Waals surface area contributed by atoms with E-state index in [9.17, 15) is 14.4 Å². The molecule has 4 nitrogen and oxygen atoms in total. The van der Waals surface area contributed by atoms with Crippen LogP contribution in [-0.4, -0.2) is 17.6 Å². The number of Topliss-reactive ketones (excluding diaryl/α,β-unsaturated/α-hetero) is 1. The van der Waals surface area contributed by atoms with Gasteiger partial charge in [-0.25, -0.2) is 0 Å². The molecule has 0 N–H and O–H groups in total. The number of hydrogen-bond acceptors (Lipinski definition) is 3. The van der Waals surface area contributed by atoms with Crippen LogP contribution in [0.2, 0.25) is 5.02 Å². The van der Waals surface area contributed by atoms with Crippen LogP contribution in [0.5, 0.6) is 0 Å². The maximum atomic E-state index is 13.1. The number of carbonyl (C=O) groups excluding carboxylic acids is 3. The molecule has 25 heavy (non-hydrogen) atoms. The first-order chi connectivity index (χ1) is 12.1. The van der Waals surface area contributed by atoms with Crippen LogP contribution in [0.1, 0.15) is 24.3 Å². The lowest BCUT2D eigenvalue weighted by atomic mass is 9.70. The predicted octanol–water partition coefficient (Wildman–Crippen LogP) is 3.59. The van der Waals surface area contributed by atoms with E-state index in [0.717, 1.165) is 5.56 Å². The molecular formula is C20H16ClNO3. The quantitative estimate of drug-likeness (QED) is 0.775. The second-order valence-corrected chi connectivity index (χ2v) is 7.02. The van der Waals surface area contributed by atoms with Gasteiger partial charge in [0.2, 0.25) is 11.8 Å². The van der Waals surface area contributed by atoms with Crippen LogP contribution >= 0.6 is 11.6 Å². The summed E-state index contributed by atoms with van der Waals surface area (Å²) in [5.74, 6) is -1.81. The van der Waals surface area contributed by atoms with Gasteiger partial charge in [-0.2, -0.15) is 0 Å². The zero-order chi connectivity index (χ0) is 17.6. The van der Waals surface area contributed by atoms with Gasteiger partial charge in [0, 0.05) is 23.8 Å². The third kappa shape index (κ3) is 2.67. The van der Waals surface area contributed by atoms with Crippen LogP contribution in [0.3, 0.4) is 0 Å². The SMILES string of the molecule is O=C1C[C@@H]2C(=O)N(c3ccccc3)C(=O)[C@@H]2[C@H](c2ccc(Cl)cc2)C1. The summed E-state index contributed by atoms with van der Waals surface area (Å²) in [6, 6.07) is 16.1. The van der Waals surface area contributed by atoms with Crippen molar-refractivity contribution in [3.05, 3.63) is 65.2 Å². The van der Waals surface area contributed by atoms with E-state index in [1.807, 2.05) is 18.2 Å². The molecule has 1 saturated heterocycles. The Morgan fingerprint density at radius 1 is 0.800 bits per heavy atom. The summed E-state index contributed by atoms with van der Waals surface area (Å²) in [6.07, 6.45) is 0.424. The lowest BCUT2D eigenvalue weighted by Gasteiger charge is -2.30. The van der Waals surface area contributed by atoms with Crippen LogP contribution in [0.25, 0.3) is 0 Å². The van der Waals surface area contributed by atoms with Gasteiger partial charge in [0.15, 0.2) is 0 Å². The summed E-state index contributed by atoms with van der Waals surface area (Å²) < 4.78 is 0. The molecule has 1 saturated carbocycles. The minimum absolute atomic E-state index is 0.0252. The number of halogens is 1.